The molecule has 0 radical (unpaired) electrons. The molecule has 1 aromatic heterocycles. The Morgan fingerprint density at radius 2 is 2.38 bits per heavy atom. The molecule has 0 unspecified atom stereocenters. The third-order valence-electron chi connectivity index (χ3n) is 2.22. The Bertz CT molecular complexity index is 221. The molecule has 0 bridgehead atoms. The van der Waals surface area contributed by atoms with Crippen LogP contribution in [-0.4, -0.2) is 12.6 Å². The van der Waals surface area contributed by atoms with E-state index in [9.17, 15) is 0 Å². The molecule has 0 aliphatic carbocycles. The van der Waals surface area contributed by atoms with E-state index < -0.39 is 0 Å². The van der Waals surface area contributed by atoms with E-state index in [4.69, 9.17) is 10.2 Å². The van der Waals surface area contributed by atoms with Crippen LogP contribution in [0.15, 0.2) is 22.8 Å². The largest absolute Gasteiger partial charge is 0.468 e. The van der Waals surface area contributed by atoms with Crippen molar-refractivity contribution < 1.29 is 4.42 Å². The summed E-state index contributed by atoms with van der Waals surface area (Å²) in [6.07, 6.45) is 2.77. The molecule has 3 heteroatoms. The normalized spacial score (nSPS) is 15.6. The van der Waals surface area contributed by atoms with Crippen LogP contribution in [0.25, 0.3) is 0 Å². The molecule has 74 valence electrons. The fourth-order valence-electron chi connectivity index (χ4n) is 1.22. The number of nitrogens with one attached hydrogen (secondary N) is 1. The van der Waals surface area contributed by atoms with Crippen LogP contribution in [0.1, 0.15) is 32.1 Å². The Hall–Kier alpha value is -0.800. The molecule has 0 saturated carbocycles. The zero-order valence-corrected chi connectivity index (χ0v) is 8.29. The molecule has 0 aliphatic heterocycles. The molecule has 0 saturated heterocycles. The Kier molecular flexibility index (Phi) is 3.99. The lowest BCUT2D eigenvalue weighted by Gasteiger charge is -2.19. The second kappa shape index (κ2) is 5.04. The highest BCUT2D eigenvalue weighted by molar-refractivity contribution is 5.05. The third kappa shape index (κ3) is 2.86. The number of rotatable bonds is 5. The summed E-state index contributed by atoms with van der Waals surface area (Å²) >= 11 is 0. The fourth-order valence-corrected chi connectivity index (χ4v) is 1.22. The number of furan rings is 1. The Labute approximate surface area is 79.3 Å². The van der Waals surface area contributed by atoms with Gasteiger partial charge in [0.1, 0.15) is 5.76 Å². The van der Waals surface area contributed by atoms with Crippen LogP contribution in [0.4, 0.5) is 0 Å². The molecule has 3 N–H and O–H groups in total. The minimum atomic E-state index is 0.143. The van der Waals surface area contributed by atoms with Crippen LogP contribution in [0.2, 0.25) is 0 Å². The minimum Gasteiger partial charge on any atom is -0.468 e. The van der Waals surface area contributed by atoms with E-state index in [0.29, 0.717) is 12.6 Å². The van der Waals surface area contributed by atoms with Crippen LogP contribution in [-0.2, 0) is 0 Å². The molecule has 1 rings (SSSR count). The molecule has 0 amide bonds. The molecule has 2 atom stereocenters. The maximum atomic E-state index is 5.64. The first kappa shape index (κ1) is 10.3. The minimum absolute atomic E-state index is 0.143. The molecule has 13 heavy (non-hydrogen) atoms. The van der Waals surface area contributed by atoms with Gasteiger partial charge in [-0.05, 0) is 25.5 Å². The van der Waals surface area contributed by atoms with Crippen LogP contribution >= 0.6 is 0 Å². The highest BCUT2D eigenvalue weighted by Gasteiger charge is 2.13. The fraction of sp³-hybridized carbons (Fsp3) is 0.600. The summed E-state index contributed by atoms with van der Waals surface area (Å²) in [5.41, 5.74) is 5.64. The molecule has 0 aliphatic rings. The summed E-state index contributed by atoms with van der Waals surface area (Å²) in [5, 5.41) is 3.40. The number of nitrogens with two attached hydrogens (primary N) is 1. The summed E-state index contributed by atoms with van der Waals surface area (Å²) in [4.78, 5) is 0. The van der Waals surface area contributed by atoms with E-state index in [1.54, 1.807) is 6.26 Å². The van der Waals surface area contributed by atoms with Gasteiger partial charge in [0, 0.05) is 12.6 Å². The third-order valence-corrected chi connectivity index (χ3v) is 2.22. The van der Waals surface area contributed by atoms with Crippen LogP contribution in [0, 0.1) is 0 Å². The van der Waals surface area contributed by atoms with Crippen LogP contribution in [0.3, 0.4) is 0 Å². The summed E-state index contributed by atoms with van der Waals surface area (Å²) in [6.45, 7) is 4.86. The van der Waals surface area contributed by atoms with Gasteiger partial charge in [0.2, 0.25) is 0 Å². The predicted octanol–water partition coefficient (Wildman–Crippen LogP) is 1.67. The van der Waals surface area contributed by atoms with Gasteiger partial charge in [-0.25, -0.2) is 0 Å². The molecule has 3 nitrogen and oxygen atoms in total. The lowest BCUT2D eigenvalue weighted by atomic mass is 10.1. The zero-order valence-electron chi connectivity index (χ0n) is 8.29. The molecule has 0 aromatic carbocycles. The predicted molar refractivity (Wildman–Crippen MR) is 53.4 cm³/mol. The lowest BCUT2D eigenvalue weighted by Crippen LogP contribution is -2.34. The quantitative estimate of drug-likeness (QED) is 0.728. The smallest absolute Gasteiger partial charge is 0.121 e. The van der Waals surface area contributed by atoms with E-state index >= 15 is 0 Å². The monoisotopic (exact) mass is 182 g/mol. The Balaban J connectivity index is 2.53. The van der Waals surface area contributed by atoms with Crippen molar-refractivity contribution in [3.8, 4) is 0 Å². The highest BCUT2D eigenvalue weighted by Crippen LogP contribution is 2.12. The van der Waals surface area contributed by atoms with Gasteiger partial charge in [0.15, 0.2) is 0 Å². The summed E-state index contributed by atoms with van der Waals surface area (Å²) < 4.78 is 5.29. The van der Waals surface area contributed by atoms with Gasteiger partial charge in [-0.1, -0.05) is 6.92 Å². The van der Waals surface area contributed by atoms with E-state index in [0.717, 1.165) is 12.2 Å². The van der Waals surface area contributed by atoms with E-state index in [1.165, 1.54) is 0 Å². The molecule has 0 fully saturated rings. The summed E-state index contributed by atoms with van der Waals surface area (Å²) in [5.74, 6) is 0.919. The van der Waals surface area contributed by atoms with Crippen molar-refractivity contribution >= 4 is 0 Å². The lowest BCUT2D eigenvalue weighted by molar-refractivity contribution is 0.380. The topological polar surface area (TPSA) is 51.2 Å². The average Bonchev–Trinajstić information content (AvgIpc) is 2.66. The first-order valence-electron chi connectivity index (χ1n) is 4.77. The van der Waals surface area contributed by atoms with Crippen molar-refractivity contribution in [3.63, 3.8) is 0 Å². The molecule has 0 spiro atoms. The summed E-state index contributed by atoms with van der Waals surface area (Å²) in [6, 6.07) is 4.45. The molecular weight excluding hydrogens is 164 g/mol. The van der Waals surface area contributed by atoms with Gasteiger partial charge in [0.25, 0.3) is 0 Å². The van der Waals surface area contributed by atoms with Gasteiger partial charge >= 0.3 is 0 Å². The van der Waals surface area contributed by atoms with Gasteiger partial charge in [-0.2, -0.15) is 0 Å². The molecular formula is C10H18N2O. The SMILES string of the molecule is CC[C@H](C)N[C@@H](CN)c1ccco1. The van der Waals surface area contributed by atoms with E-state index in [2.05, 4.69) is 19.2 Å². The van der Waals surface area contributed by atoms with Crippen molar-refractivity contribution in [2.24, 2.45) is 5.73 Å². The van der Waals surface area contributed by atoms with Crippen molar-refractivity contribution in [3.05, 3.63) is 24.2 Å². The number of hydrogen-bond donors (Lipinski definition) is 2. The van der Waals surface area contributed by atoms with Crippen LogP contribution < -0.4 is 11.1 Å². The van der Waals surface area contributed by atoms with Gasteiger partial charge < -0.3 is 15.5 Å². The van der Waals surface area contributed by atoms with E-state index in [-0.39, 0.29) is 6.04 Å². The Morgan fingerprint density at radius 3 is 2.85 bits per heavy atom. The first-order chi connectivity index (χ1) is 6.27. The second-order valence-electron chi connectivity index (χ2n) is 3.28. The average molecular weight is 182 g/mol. The van der Waals surface area contributed by atoms with Crippen molar-refractivity contribution in [1.82, 2.24) is 5.32 Å². The zero-order chi connectivity index (χ0) is 9.68. The second-order valence-corrected chi connectivity index (χ2v) is 3.28. The first-order valence-corrected chi connectivity index (χ1v) is 4.77. The molecule has 1 aromatic rings. The molecule has 1 heterocycles. The maximum absolute atomic E-state index is 5.64. The van der Waals surface area contributed by atoms with Crippen LogP contribution in [0.5, 0.6) is 0 Å². The van der Waals surface area contributed by atoms with Crippen molar-refractivity contribution in [2.75, 3.05) is 6.54 Å². The van der Waals surface area contributed by atoms with Gasteiger partial charge in [-0.15, -0.1) is 0 Å². The Morgan fingerprint density at radius 1 is 1.62 bits per heavy atom. The number of hydrogen-bond acceptors (Lipinski definition) is 3. The summed E-state index contributed by atoms with van der Waals surface area (Å²) in [7, 11) is 0. The highest BCUT2D eigenvalue weighted by atomic mass is 16.3. The van der Waals surface area contributed by atoms with E-state index in [1.807, 2.05) is 12.1 Å². The van der Waals surface area contributed by atoms with Gasteiger partial charge in [-0.3, -0.25) is 0 Å². The van der Waals surface area contributed by atoms with Gasteiger partial charge in [0.05, 0.1) is 12.3 Å². The maximum Gasteiger partial charge on any atom is 0.121 e. The standard InChI is InChI=1S/C10H18N2O/c1-3-8(2)12-9(7-11)10-5-4-6-13-10/h4-6,8-9,12H,3,7,11H2,1-2H3/t8-,9-/m0/s1. The van der Waals surface area contributed by atoms with Crippen molar-refractivity contribution in [2.45, 2.75) is 32.4 Å². The van der Waals surface area contributed by atoms with Crippen molar-refractivity contribution in [1.29, 1.82) is 0 Å².